The van der Waals surface area contributed by atoms with E-state index < -0.39 is 50.4 Å². The number of sulfonamides is 1. The van der Waals surface area contributed by atoms with Crippen molar-refractivity contribution in [2.75, 3.05) is 6.54 Å². The van der Waals surface area contributed by atoms with Crippen molar-refractivity contribution >= 4 is 16.0 Å². The molecule has 1 aliphatic heterocycles. The van der Waals surface area contributed by atoms with E-state index in [2.05, 4.69) is 0 Å². The number of nitrogens with zero attached hydrogens (tertiary/aromatic N) is 1. The van der Waals surface area contributed by atoms with Gasteiger partial charge in [0.25, 0.3) is 0 Å². The third-order valence-corrected chi connectivity index (χ3v) is 6.08. The fourth-order valence-corrected chi connectivity index (χ4v) is 4.52. The number of halogens is 4. The van der Waals surface area contributed by atoms with Crippen LogP contribution in [0.1, 0.15) is 25.3 Å². The third-order valence-electron chi connectivity index (χ3n) is 4.10. The van der Waals surface area contributed by atoms with E-state index in [-0.39, 0.29) is 6.54 Å². The van der Waals surface area contributed by atoms with Gasteiger partial charge < -0.3 is 5.11 Å². The van der Waals surface area contributed by atoms with E-state index in [0.29, 0.717) is 31.0 Å². The van der Waals surface area contributed by atoms with Crippen molar-refractivity contribution in [2.24, 2.45) is 5.92 Å². The average molecular weight is 369 g/mol. The van der Waals surface area contributed by atoms with Crippen LogP contribution in [0.4, 0.5) is 17.6 Å². The van der Waals surface area contributed by atoms with E-state index in [4.69, 9.17) is 5.11 Å². The number of carboxylic acids is 1. The van der Waals surface area contributed by atoms with Crippen LogP contribution < -0.4 is 0 Å². The lowest BCUT2D eigenvalue weighted by Crippen LogP contribution is -2.49. The van der Waals surface area contributed by atoms with Crippen LogP contribution in [-0.2, 0) is 21.0 Å². The maximum Gasteiger partial charge on any atom is 0.419 e. The van der Waals surface area contributed by atoms with Crippen LogP contribution in [0.3, 0.4) is 0 Å². The molecule has 0 saturated carbocycles. The Kier molecular flexibility index (Phi) is 4.91. The molecule has 0 aromatic heterocycles. The van der Waals surface area contributed by atoms with Crippen molar-refractivity contribution in [2.45, 2.75) is 36.9 Å². The van der Waals surface area contributed by atoms with E-state index in [1.165, 1.54) is 6.92 Å². The van der Waals surface area contributed by atoms with E-state index in [9.17, 15) is 30.8 Å². The predicted molar refractivity (Wildman–Crippen MR) is 75.1 cm³/mol. The number of alkyl halides is 3. The Morgan fingerprint density at radius 1 is 1.33 bits per heavy atom. The Labute approximate surface area is 135 Å². The second-order valence-corrected chi connectivity index (χ2v) is 7.47. The average Bonchev–Trinajstić information content (AvgIpc) is 2.45. The van der Waals surface area contributed by atoms with Crippen LogP contribution in [0.25, 0.3) is 0 Å². The maximum atomic E-state index is 13.6. The summed E-state index contributed by atoms with van der Waals surface area (Å²) in [6.45, 7) is 1.44. The lowest BCUT2D eigenvalue weighted by Gasteiger charge is -2.36. The molecule has 1 N–H and O–H groups in total. The molecular formula is C14H15F4NO4S. The van der Waals surface area contributed by atoms with Crippen LogP contribution in [0.5, 0.6) is 0 Å². The van der Waals surface area contributed by atoms with Gasteiger partial charge in [0.2, 0.25) is 10.0 Å². The monoisotopic (exact) mass is 369 g/mol. The van der Waals surface area contributed by atoms with Gasteiger partial charge in [-0.1, -0.05) is 0 Å². The van der Waals surface area contributed by atoms with Gasteiger partial charge in [0.1, 0.15) is 5.82 Å². The van der Waals surface area contributed by atoms with Gasteiger partial charge in [-0.25, -0.2) is 12.8 Å². The van der Waals surface area contributed by atoms with Crippen molar-refractivity contribution in [1.29, 1.82) is 0 Å². The molecule has 0 unspecified atom stereocenters. The first-order valence-corrected chi connectivity index (χ1v) is 8.51. The molecule has 1 aliphatic rings. The summed E-state index contributed by atoms with van der Waals surface area (Å²) < 4.78 is 77.4. The largest absolute Gasteiger partial charge is 0.481 e. The second-order valence-electron chi connectivity index (χ2n) is 5.58. The van der Waals surface area contributed by atoms with Gasteiger partial charge in [0.05, 0.1) is 16.4 Å². The smallest absolute Gasteiger partial charge is 0.419 e. The van der Waals surface area contributed by atoms with Gasteiger partial charge >= 0.3 is 12.1 Å². The van der Waals surface area contributed by atoms with Crippen LogP contribution in [-0.4, -0.2) is 36.4 Å². The summed E-state index contributed by atoms with van der Waals surface area (Å²) in [4.78, 5) is 10.5. The summed E-state index contributed by atoms with van der Waals surface area (Å²) in [6, 6.07) is 0.477. The number of carbonyl (C=O) groups is 1. The molecule has 2 rings (SSSR count). The highest BCUT2D eigenvalue weighted by atomic mass is 32.2. The molecule has 134 valence electrons. The molecule has 1 heterocycles. The van der Waals surface area contributed by atoms with Crippen molar-refractivity contribution in [3.63, 3.8) is 0 Å². The summed E-state index contributed by atoms with van der Waals surface area (Å²) in [7, 11) is -4.30. The fraction of sp³-hybridized carbons (Fsp3) is 0.500. The molecule has 0 radical (unpaired) electrons. The van der Waals surface area contributed by atoms with Crippen LogP contribution in [0.15, 0.2) is 23.1 Å². The Balaban J connectivity index is 2.40. The molecule has 5 nitrogen and oxygen atoms in total. The molecule has 1 aromatic carbocycles. The Hall–Kier alpha value is -1.68. The van der Waals surface area contributed by atoms with E-state index >= 15 is 0 Å². The zero-order valence-electron chi connectivity index (χ0n) is 12.5. The minimum atomic E-state index is -4.93. The molecule has 0 aliphatic carbocycles. The van der Waals surface area contributed by atoms with Crippen LogP contribution in [0.2, 0.25) is 0 Å². The highest BCUT2D eigenvalue weighted by Crippen LogP contribution is 2.34. The van der Waals surface area contributed by atoms with Crippen molar-refractivity contribution in [1.82, 2.24) is 4.31 Å². The molecule has 24 heavy (non-hydrogen) atoms. The van der Waals surface area contributed by atoms with Gasteiger partial charge in [-0.15, -0.1) is 0 Å². The van der Waals surface area contributed by atoms with E-state index in [1.807, 2.05) is 0 Å². The molecule has 10 heteroatoms. The summed E-state index contributed by atoms with van der Waals surface area (Å²) >= 11 is 0. The molecule has 1 aromatic rings. The summed E-state index contributed by atoms with van der Waals surface area (Å²) in [5.41, 5.74) is -1.56. The van der Waals surface area contributed by atoms with Crippen molar-refractivity contribution in [3.8, 4) is 0 Å². The topological polar surface area (TPSA) is 74.7 Å². The van der Waals surface area contributed by atoms with E-state index in [1.54, 1.807) is 0 Å². The molecule has 0 bridgehead atoms. The number of rotatable bonds is 3. The Morgan fingerprint density at radius 2 is 1.96 bits per heavy atom. The first kappa shape index (κ1) is 18.7. The summed E-state index contributed by atoms with van der Waals surface area (Å²) in [6.07, 6.45) is -4.34. The number of benzene rings is 1. The highest BCUT2D eigenvalue weighted by molar-refractivity contribution is 7.89. The molecule has 2 atom stereocenters. The van der Waals surface area contributed by atoms with E-state index in [0.717, 1.165) is 4.31 Å². The third kappa shape index (κ3) is 3.39. The summed E-state index contributed by atoms with van der Waals surface area (Å²) in [5, 5.41) is 9.13. The first-order chi connectivity index (χ1) is 11.0. The second kappa shape index (κ2) is 6.32. The maximum absolute atomic E-state index is 13.6. The molecule has 0 amide bonds. The zero-order chi connectivity index (χ0) is 18.3. The number of hydrogen-bond donors (Lipinski definition) is 1. The van der Waals surface area contributed by atoms with Gasteiger partial charge in [0, 0.05) is 12.6 Å². The lowest BCUT2D eigenvalue weighted by molar-refractivity contribution is -0.144. The molecule has 0 spiro atoms. The first-order valence-electron chi connectivity index (χ1n) is 7.07. The summed E-state index contributed by atoms with van der Waals surface area (Å²) in [5.74, 6) is -3.77. The minimum absolute atomic E-state index is 0.0237. The normalized spacial score (nSPS) is 23.2. The number of aliphatic carboxylic acids is 1. The van der Waals surface area contributed by atoms with Gasteiger partial charge in [-0.05, 0) is 38.0 Å². The molecular weight excluding hydrogens is 354 g/mol. The van der Waals surface area contributed by atoms with Crippen LogP contribution >= 0.6 is 0 Å². The van der Waals surface area contributed by atoms with Crippen LogP contribution in [0, 0.1) is 11.7 Å². The van der Waals surface area contributed by atoms with Gasteiger partial charge in [-0.2, -0.15) is 17.5 Å². The Morgan fingerprint density at radius 3 is 2.46 bits per heavy atom. The number of carboxylic acid groups (broad SMARTS) is 1. The van der Waals surface area contributed by atoms with Gasteiger partial charge in [0.15, 0.2) is 0 Å². The predicted octanol–water partition coefficient (Wildman–Crippen LogP) is 2.72. The van der Waals surface area contributed by atoms with Gasteiger partial charge in [-0.3, -0.25) is 4.79 Å². The molecule has 1 fully saturated rings. The number of hydrogen-bond acceptors (Lipinski definition) is 3. The number of piperidine rings is 1. The highest BCUT2D eigenvalue weighted by Gasteiger charge is 2.40. The standard InChI is InChI=1S/C14H15F4NO4S/c1-8-10(13(20)21)3-2-6-19(8)24(22,23)9-4-5-11(12(15)7-9)14(16,17)18/h4-5,7-8,10H,2-3,6H2,1H3,(H,20,21)/t8-,10-/m1/s1. The minimum Gasteiger partial charge on any atom is -0.481 e. The zero-order valence-corrected chi connectivity index (χ0v) is 13.4. The Bertz CT molecular complexity index is 748. The fourth-order valence-electron chi connectivity index (χ4n) is 2.80. The SMILES string of the molecule is C[C@@H]1[C@H](C(=O)O)CCCN1S(=O)(=O)c1ccc(C(F)(F)F)c(F)c1. The quantitative estimate of drug-likeness (QED) is 0.832. The van der Waals surface area contributed by atoms with Crippen molar-refractivity contribution < 1.29 is 35.9 Å². The van der Waals surface area contributed by atoms with Crippen molar-refractivity contribution in [3.05, 3.63) is 29.6 Å². The molecule has 1 saturated heterocycles. The lowest BCUT2D eigenvalue weighted by atomic mass is 9.92.